The first-order chi connectivity index (χ1) is 8.90. The highest BCUT2D eigenvalue weighted by Crippen LogP contribution is 2.26. The van der Waals surface area contributed by atoms with Crippen molar-refractivity contribution in [3.05, 3.63) is 21.3 Å². The van der Waals surface area contributed by atoms with E-state index in [1.165, 1.54) is 11.3 Å². The monoisotopic (exact) mass is 306 g/mol. The standard InChI is InChI=1S/C11H15ClN2O4S/c1-6(8-2-3-9(12)19-8)14-11(18)13-5-4-7(15)10(16)17/h2-3,6-7,15H,4-5H2,1H3,(H,16,17)(H2,13,14,18)/t6?,7-/m0/s1. The van der Waals surface area contributed by atoms with E-state index in [0.717, 1.165) is 4.88 Å². The minimum Gasteiger partial charge on any atom is -0.479 e. The van der Waals surface area contributed by atoms with Crippen molar-refractivity contribution in [1.29, 1.82) is 0 Å². The normalized spacial score (nSPS) is 13.6. The molecule has 2 amide bonds. The first-order valence-electron chi connectivity index (χ1n) is 5.60. The minimum atomic E-state index is -1.46. The van der Waals surface area contributed by atoms with Crippen LogP contribution in [0.15, 0.2) is 12.1 Å². The summed E-state index contributed by atoms with van der Waals surface area (Å²) in [6, 6.07) is 2.96. The molecule has 0 bridgehead atoms. The molecule has 0 saturated carbocycles. The number of hydrogen-bond donors (Lipinski definition) is 4. The summed E-state index contributed by atoms with van der Waals surface area (Å²) < 4.78 is 0.647. The maximum atomic E-state index is 11.5. The van der Waals surface area contributed by atoms with Gasteiger partial charge in [-0.3, -0.25) is 0 Å². The average molecular weight is 307 g/mol. The summed E-state index contributed by atoms with van der Waals surface area (Å²) >= 11 is 7.17. The van der Waals surface area contributed by atoms with Crippen molar-refractivity contribution in [2.75, 3.05) is 6.54 Å². The number of halogens is 1. The molecular weight excluding hydrogens is 292 g/mol. The lowest BCUT2D eigenvalue weighted by molar-refractivity contribution is -0.146. The highest BCUT2D eigenvalue weighted by atomic mass is 35.5. The second-order valence-electron chi connectivity index (χ2n) is 3.91. The van der Waals surface area contributed by atoms with Crippen molar-refractivity contribution in [2.45, 2.75) is 25.5 Å². The molecule has 1 rings (SSSR count). The molecule has 0 fully saturated rings. The summed E-state index contributed by atoms with van der Waals surface area (Å²) in [6.45, 7) is 1.89. The molecule has 1 aromatic heterocycles. The molecule has 2 atom stereocenters. The third-order valence-corrected chi connectivity index (χ3v) is 3.77. The minimum absolute atomic E-state index is 0.0397. The van der Waals surface area contributed by atoms with Crippen molar-refractivity contribution in [1.82, 2.24) is 10.6 Å². The first kappa shape index (κ1) is 15.7. The van der Waals surface area contributed by atoms with Crippen LogP contribution in [-0.2, 0) is 4.79 Å². The topological polar surface area (TPSA) is 98.7 Å². The number of urea groups is 1. The van der Waals surface area contributed by atoms with Crippen LogP contribution in [0.25, 0.3) is 0 Å². The van der Waals surface area contributed by atoms with Crippen LogP contribution in [-0.4, -0.2) is 34.9 Å². The van der Waals surface area contributed by atoms with Gasteiger partial charge in [-0.15, -0.1) is 11.3 Å². The van der Waals surface area contributed by atoms with Crippen molar-refractivity contribution in [3.8, 4) is 0 Å². The zero-order valence-electron chi connectivity index (χ0n) is 10.2. The summed E-state index contributed by atoms with van der Waals surface area (Å²) in [4.78, 5) is 22.8. The molecule has 8 heteroatoms. The van der Waals surface area contributed by atoms with E-state index in [-0.39, 0.29) is 19.0 Å². The molecule has 19 heavy (non-hydrogen) atoms. The number of aliphatic carboxylic acids is 1. The Morgan fingerprint density at radius 1 is 1.47 bits per heavy atom. The Balaban J connectivity index is 2.29. The number of aliphatic hydroxyl groups excluding tert-OH is 1. The van der Waals surface area contributed by atoms with Crippen LogP contribution in [0.4, 0.5) is 4.79 Å². The molecule has 106 valence electrons. The summed E-state index contributed by atoms with van der Waals surface area (Å²) in [5, 5.41) is 22.6. The number of carboxylic acid groups (broad SMARTS) is 1. The van der Waals surface area contributed by atoms with Crippen LogP contribution < -0.4 is 10.6 Å². The van der Waals surface area contributed by atoms with Gasteiger partial charge in [-0.2, -0.15) is 0 Å². The van der Waals surface area contributed by atoms with E-state index in [1.54, 1.807) is 6.07 Å². The lowest BCUT2D eigenvalue weighted by Gasteiger charge is -2.13. The number of thiophene rings is 1. The maximum Gasteiger partial charge on any atom is 0.332 e. The Hall–Kier alpha value is -1.31. The van der Waals surface area contributed by atoms with Crippen molar-refractivity contribution < 1.29 is 19.8 Å². The van der Waals surface area contributed by atoms with Gasteiger partial charge < -0.3 is 20.8 Å². The number of hydrogen-bond acceptors (Lipinski definition) is 4. The molecule has 0 radical (unpaired) electrons. The third-order valence-electron chi connectivity index (χ3n) is 2.36. The number of carbonyl (C=O) groups is 2. The van der Waals surface area contributed by atoms with Crippen LogP contribution >= 0.6 is 22.9 Å². The lowest BCUT2D eigenvalue weighted by atomic mass is 10.2. The fourth-order valence-corrected chi connectivity index (χ4v) is 2.39. The molecule has 0 spiro atoms. The number of carboxylic acids is 1. The number of carbonyl (C=O) groups excluding carboxylic acids is 1. The largest absolute Gasteiger partial charge is 0.479 e. The highest BCUT2D eigenvalue weighted by molar-refractivity contribution is 7.16. The van der Waals surface area contributed by atoms with Gasteiger partial charge in [0.15, 0.2) is 6.10 Å². The van der Waals surface area contributed by atoms with Gasteiger partial charge in [0.05, 0.1) is 10.4 Å². The number of aliphatic hydroxyl groups is 1. The van der Waals surface area contributed by atoms with Crippen LogP contribution in [0.1, 0.15) is 24.3 Å². The highest BCUT2D eigenvalue weighted by Gasteiger charge is 2.14. The predicted molar refractivity (Wildman–Crippen MR) is 72.5 cm³/mol. The molecule has 1 aromatic rings. The summed E-state index contributed by atoms with van der Waals surface area (Å²) in [5.41, 5.74) is 0. The van der Waals surface area contributed by atoms with E-state index in [4.69, 9.17) is 21.8 Å². The fourth-order valence-electron chi connectivity index (χ4n) is 1.33. The van der Waals surface area contributed by atoms with E-state index in [0.29, 0.717) is 4.34 Å². The van der Waals surface area contributed by atoms with E-state index in [1.807, 2.05) is 13.0 Å². The van der Waals surface area contributed by atoms with Gasteiger partial charge in [0.1, 0.15) is 0 Å². The Bertz CT molecular complexity index is 452. The molecule has 0 aromatic carbocycles. The van der Waals surface area contributed by atoms with Gasteiger partial charge in [-0.05, 0) is 19.1 Å². The van der Waals surface area contributed by atoms with Gasteiger partial charge in [0.25, 0.3) is 0 Å². The van der Waals surface area contributed by atoms with Crippen LogP contribution in [0.2, 0.25) is 4.34 Å². The zero-order chi connectivity index (χ0) is 14.4. The van der Waals surface area contributed by atoms with Crippen molar-refractivity contribution in [2.24, 2.45) is 0 Å². The molecule has 0 aliphatic rings. The Kier molecular flexibility index (Phi) is 6.07. The van der Waals surface area contributed by atoms with Crippen LogP contribution in [0.5, 0.6) is 0 Å². The molecule has 0 saturated heterocycles. The lowest BCUT2D eigenvalue weighted by Crippen LogP contribution is -2.38. The Morgan fingerprint density at radius 2 is 2.16 bits per heavy atom. The molecule has 4 N–H and O–H groups in total. The number of nitrogens with one attached hydrogen (secondary N) is 2. The van der Waals surface area contributed by atoms with Crippen LogP contribution in [0.3, 0.4) is 0 Å². The molecule has 6 nitrogen and oxygen atoms in total. The summed E-state index contributed by atoms with van der Waals surface area (Å²) in [6.07, 6.45) is -1.50. The van der Waals surface area contributed by atoms with E-state index >= 15 is 0 Å². The number of amides is 2. The number of rotatable bonds is 6. The van der Waals surface area contributed by atoms with Crippen molar-refractivity contribution >= 4 is 34.9 Å². The van der Waals surface area contributed by atoms with E-state index in [9.17, 15) is 9.59 Å². The van der Waals surface area contributed by atoms with E-state index < -0.39 is 18.1 Å². The molecular formula is C11H15ClN2O4S. The Morgan fingerprint density at radius 3 is 2.68 bits per heavy atom. The van der Waals surface area contributed by atoms with E-state index in [2.05, 4.69) is 10.6 Å². The maximum absolute atomic E-state index is 11.5. The van der Waals surface area contributed by atoms with Gasteiger partial charge in [-0.25, -0.2) is 9.59 Å². The quantitative estimate of drug-likeness (QED) is 0.641. The summed E-state index contributed by atoms with van der Waals surface area (Å²) in [7, 11) is 0. The van der Waals surface area contributed by atoms with Gasteiger partial charge >= 0.3 is 12.0 Å². The molecule has 0 aliphatic heterocycles. The average Bonchev–Trinajstić information content (AvgIpc) is 2.75. The van der Waals surface area contributed by atoms with Gasteiger partial charge in [-0.1, -0.05) is 11.6 Å². The van der Waals surface area contributed by atoms with Crippen molar-refractivity contribution in [3.63, 3.8) is 0 Å². The molecule has 1 unspecified atom stereocenters. The smallest absolute Gasteiger partial charge is 0.332 e. The van der Waals surface area contributed by atoms with Gasteiger partial charge in [0, 0.05) is 17.8 Å². The molecule has 0 aliphatic carbocycles. The Labute approximate surface area is 119 Å². The fraction of sp³-hybridized carbons (Fsp3) is 0.455. The zero-order valence-corrected chi connectivity index (χ0v) is 11.8. The van der Waals surface area contributed by atoms with Crippen LogP contribution in [0, 0.1) is 0 Å². The first-order valence-corrected chi connectivity index (χ1v) is 6.80. The summed E-state index contributed by atoms with van der Waals surface area (Å²) in [5.74, 6) is -1.30. The third kappa shape index (κ3) is 5.46. The second-order valence-corrected chi connectivity index (χ2v) is 5.65. The SMILES string of the molecule is CC(NC(=O)NCC[C@H](O)C(=O)O)c1ccc(Cl)s1. The second kappa shape index (κ2) is 7.32. The molecule has 1 heterocycles. The van der Waals surface area contributed by atoms with Gasteiger partial charge in [0.2, 0.25) is 0 Å². The predicted octanol–water partition coefficient (Wildman–Crippen LogP) is 1.60.